The highest BCUT2D eigenvalue weighted by molar-refractivity contribution is 4.76. The molecule has 0 amide bonds. The summed E-state index contributed by atoms with van der Waals surface area (Å²) in [5.41, 5.74) is 0.287. The van der Waals surface area contributed by atoms with Gasteiger partial charge in [-0.1, -0.05) is 39.0 Å². The van der Waals surface area contributed by atoms with E-state index in [1.54, 1.807) is 0 Å². The van der Waals surface area contributed by atoms with E-state index in [0.717, 1.165) is 11.8 Å². The quantitative estimate of drug-likeness (QED) is 0.701. The molecule has 0 aromatic heterocycles. The summed E-state index contributed by atoms with van der Waals surface area (Å²) in [6.07, 6.45) is 10.2. The zero-order chi connectivity index (χ0) is 12.0. The molecule has 1 rings (SSSR count). The minimum absolute atomic E-state index is 0.287. The third-order valence-corrected chi connectivity index (χ3v) is 3.83. The first-order valence-electron chi connectivity index (χ1n) is 7.26. The molecule has 2 unspecified atom stereocenters. The van der Waals surface area contributed by atoms with Gasteiger partial charge < -0.3 is 5.32 Å². The fraction of sp³-hybridized carbons (Fsp3) is 1.00. The van der Waals surface area contributed by atoms with E-state index in [1.807, 2.05) is 0 Å². The first-order chi connectivity index (χ1) is 7.51. The van der Waals surface area contributed by atoms with E-state index in [-0.39, 0.29) is 5.54 Å². The van der Waals surface area contributed by atoms with Crippen LogP contribution in [0.15, 0.2) is 0 Å². The molecule has 1 saturated carbocycles. The second-order valence-corrected chi connectivity index (χ2v) is 6.66. The summed E-state index contributed by atoms with van der Waals surface area (Å²) in [4.78, 5) is 0. The van der Waals surface area contributed by atoms with Gasteiger partial charge in [0.15, 0.2) is 0 Å². The van der Waals surface area contributed by atoms with Gasteiger partial charge in [-0.05, 0) is 52.0 Å². The van der Waals surface area contributed by atoms with Crippen molar-refractivity contribution < 1.29 is 0 Å². The summed E-state index contributed by atoms with van der Waals surface area (Å²) in [6.45, 7) is 10.3. The molecule has 1 aliphatic carbocycles. The minimum Gasteiger partial charge on any atom is -0.312 e. The monoisotopic (exact) mass is 225 g/mol. The van der Waals surface area contributed by atoms with Crippen molar-refractivity contribution >= 4 is 0 Å². The van der Waals surface area contributed by atoms with Crippen LogP contribution in [-0.2, 0) is 0 Å². The number of hydrogen-bond acceptors (Lipinski definition) is 1. The van der Waals surface area contributed by atoms with Gasteiger partial charge in [0.05, 0.1) is 0 Å². The molecule has 0 heterocycles. The van der Waals surface area contributed by atoms with E-state index >= 15 is 0 Å². The van der Waals surface area contributed by atoms with Crippen LogP contribution in [0, 0.1) is 11.8 Å². The van der Waals surface area contributed by atoms with Gasteiger partial charge in [0.1, 0.15) is 0 Å². The van der Waals surface area contributed by atoms with Crippen molar-refractivity contribution in [3.8, 4) is 0 Å². The molecule has 0 bridgehead atoms. The Hall–Kier alpha value is -0.0400. The van der Waals surface area contributed by atoms with E-state index in [4.69, 9.17) is 0 Å². The van der Waals surface area contributed by atoms with E-state index in [9.17, 15) is 0 Å². The van der Waals surface area contributed by atoms with Gasteiger partial charge in [-0.3, -0.25) is 0 Å². The van der Waals surface area contributed by atoms with Crippen LogP contribution in [0.2, 0.25) is 0 Å². The molecule has 0 aromatic rings. The Kier molecular flexibility index (Phi) is 5.82. The first kappa shape index (κ1) is 14.0. The molecule has 1 aliphatic rings. The van der Waals surface area contributed by atoms with Crippen LogP contribution in [0.3, 0.4) is 0 Å². The standard InChI is InChI=1S/C15H31N/c1-5-7-13-8-6-9-14(11-10-13)12-16-15(2,3)4/h13-14,16H,5-12H2,1-4H3. The van der Waals surface area contributed by atoms with Gasteiger partial charge in [-0.2, -0.15) is 0 Å². The van der Waals surface area contributed by atoms with Gasteiger partial charge >= 0.3 is 0 Å². The smallest absolute Gasteiger partial charge is 0.00966 e. The molecular formula is C15H31N. The van der Waals surface area contributed by atoms with Crippen LogP contribution in [0.5, 0.6) is 0 Å². The molecule has 0 aromatic carbocycles. The van der Waals surface area contributed by atoms with Crippen molar-refractivity contribution in [1.29, 1.82) is 0 Å². The van der Waals surface area contributed by atoms with Crippen molar-refractivity contribution in [2.24, 2.45) is 11.8 Å². The average molecular weight is 225 g/mol. The van der Waals surface area contributed by atoms with Crippen molar-refractivity contribution in [1.82, 2.24) is 5.32 Å². The lowest BCUT2D eigenvalue weighted by atomic mass is 9.94. The predicted octanol–water partition coefficient (Wildman–Crippen LogP) is 4.37. The topological polar surface area (TPSA) is 12.0 Å². The van der Waals surface area contributed by atoms with E-state index in [0.29, 0.717) is 0 Å². The highest BCUT2D eigenvalue weighted by Gasteiger charge is 2.19. The zero-order valence-electron chi connectivity index (χ0n) is 11.8. The van der Waals surface area contributed by atoms with E-state index in [1.165, 1.54) is 51.5 Å². The van der Waals surface area contributed by atoms with Crippen molar-refractivity contribution in [3.05, 3.63) is 0 Å². The molecule has 0 saturated heterocycles. The van der Waals surface area contributed by atoms with Crippen LogP contribution in [0.1, 0.15) is 72.6 Å². The summed E-state index contributed by atoms with van der Waals surface area (Å²) in [7, 11) is 0. The van der Waals surface area contributed by atoms with Gasteiger partial charge in [-0.25, -0.2) is 0 Å². The van der Waals surface area contributed by atoms with E-state index in [2.05, 4.69) is 33.0 Å². The van der Waals surface area contributed by atoms with Crippen LogP contribution in [-0.4, -0.2) is 12.1 Å². The zero-order valence-corrected chi connectivity index (χ0v) is 11.8. The average Bonchev–Trinajstić information content (AvgIpc) is 2.40. The lowest BCUT2D eigenvalue weighted by Gasteiger charge is -2.24. The number of rotatable bonds is 4. The molecule has 16 heavy (non-hydrogen) atoms. The molecular weight excluding hydrogens is 194 g/mol. The highest BCUT2D eigenvalue weighted by Crippen LogP contribution is 2.29. The van der Waals surface area contributed by atoms with Crippen LogP contribution in [0.25, 0.3) is 0 Å². The number of hydrogen-bond donors (Lipinski definition) is 1. The molecule has 0 spiro atoms. The second kappa shape index (κ2) is 6.64. The SMILES string of the molecule is CCCC1CCCC(CNC(C)(C)C)CC1. The van der Waals surface area contributed by atoms with Gasteiger partial charge in [0, 0.05) is 5.54 Å². The summed E-state index contributed by atoms with van der Waals surface area (Å²) < 4.78 is 0. The Morgan fingerprint density at radius 1 is 1.00 bits per heavy atom. The third-order valence-electron chi connectivity index (χ3n) is 3.83. The molecule has 1 heteroatoms. The van der Waals surface area contributed by atoms with Crippen LogP contribution < -0.4 is 5.32 Å². The normalized spacial score (nSPS) is 27.8. The summed E-state index contributed by atoms with van der Waals surface area (Å²) in [5, 5.41) is 3.67. The molecule has 2 atom stereocenters. The summed E-state index contributed by atoms with van der Waals surface area (Å²) in [6, 6.07) is 0. The molecule has 0 radical (unpaired) electrons. The molecule has 1 N–H and O–H groups in total. The van der Waals surface area contributed by atoms with Crippen LogP contribution >= 0.6 is 0 Å². The van der Waals surface area contributed by atoms with Gasteiger partial charge in [0.25, 0.3) is 0 Å². The van der Waals surface area contributed by atoms with Crippen LogP contribution in [0.4, 0.5) is 0 Å². The molecule has 96 valence electrons. The van der Waals surface area contributed by atoms with E-state index < -0.39 is 0 Å². The lowest BCUT2D eigenvalue weighted by Crippen LogP contribution is -2.39. The van der Waals surface area contributed by atoms with Crippen molar-refractivity contribution in [3.63, 3.8) is 0 Å². The van der Waals surface area contributed by atoms with Gasteiger partial charge in [0.2, 0.25) is 0 Å². The largest absolute Gasteiger partial charge is 0.312 e. The predicted molar refractivity (Wildman–Crippen MR) is 72.7 cm³/mol. The number of nitrogens with one attached hydrogen (secondary N) is 1. The lowest BCUT2D eigenvalue weighted by molar-refractivity contribution is 0.343. The third kappa shape index (κ3) is 5.89. The highest BCUT2D eigenvalue weighted by atomic mass is 14.9. The first-order valence-corrected chi connectivity index (χ1v) is 7.26. The Labute approximate surface area is 102 Å². The minimum atomic E-state index is 0.287. The Morgan fingerprint density at radius 2 is 1.62 bits per heavy atom. The molecule has 1 nitrogen and oxygen atoms in total. The fourth-order valence-corrected chi connectivity index (χ4v) is 2.81. The second-order valence-electron chi connectivity index (χ2n) is 6.66. The Balaban J connectivity index is 2.25. The van der Waals surface area contributed by atoms with Crippen molar-refractivity contribution in [2.45, 2.75) is 78.2 Å². The molecule has 0 aliphatic heterocycles. The summed E-state index contributed by atoms with van der Waals surface area (Å²) in [5.74, 6) is 1.96. The van der Waals surface area contributed by atoms with Crippen molar-refractivity contribution in [2.75, 3.05) is 6.54 Å². The fourth-order valence-electron chi connectivity index (χ4n) is 2.81. The Bertz CT molecular complexity index is 180. The Morgan fingerprint density at radius 3 is 2.25 bits per heavy atom. The van der Waals surface area contributed by atoms with Gasteiger partial charge in [-0.15, -0.1) is 0 Å². The molecule has 1 fully saturated rings. The summed E-state index contributed by atoms with van der Waals surface area (Å²) >= 11 is 0. The maximum atomic E-state index is 3.67. The maximum absolute atomic E-state index is 3.67. The maximum Gasteiger partial charge on any atom is 0.00966 e.